The molecule has 0 saturated carbocycles. The van der Waals surface area contributed by atoms with Gasteiger partial charge in [0.15, 0.2) is 11.5 Å². The van der Waals surface area contributed by atoms with Crippen molar-refractivity contribution in [1.82, 2.24) is 5.43 Å². The van der Waals surface area contributed by atoms with Crippen LogP contribution in [-0.4, -0.2) is 26.0 Å². The molecule has 5 heteroatoms. The molecular formula is C25H27BrN2O2. The standard InChI is InChI=1S/C18H19BrN2O2.C7H8/c1-11-8-13-9-16(22-2)17(23-3)10-15(13)18(21-20-11)12-4-6-14(19)7-5-12;1-2-4-6-7-5-3-1/h4-7,9-11,20H,8H2,1-3H3;1-6H,7H2. The first kappa shape index (κ1) is 21.9. The normalized spacial score (nSPS) is 16.8. The largest absolute Gasteiger partial charge is 0.493 e. The van der Waals surface area contributed by atoms with Crippen LogP contribution in [0.1, 0.15) is 30.0 Å². The van der Waals surface area contributed by atoms with Gasteiger partial charge in [-0.25, -0.2) is 0 Å². The van der Waals surface area contributed by atoms with Gasteiger partial charge in [-0.05, 0) is 49.6 Å². The molecule has 1 atom stereocenters. The zero-order chi connectivity index (χ0) is 21.3. The minimum absolute atomic E-state index is 0.250. The predicted octanol–water partition coefficient (Wildman–Crippen LogP) is 5.81. The number of nitrogens with zero attached hydrogens (tertiary/aromatic N) is 1. The van der Waals surface area contributed by atoms with Gasteiger partial charge in [0.1, 0.15) is 0 Å². The van der Waals surface area contributed by atoms with Crippen LogP contribution in [0.2, 0.25) is 0 Å². The number of hydrazone groups is 1. The molecule has 1 aliphatic carbocycles. The van der Waals surface area contributed by atoms with Crippen molar-refractivity contribution in [3.63, 3.8) is 0 Å². The molecule has 2 aromatic rings. The highest BCUT2D eigenvalue weighted by atomic mass is 79.9. The molecule has 2 aromatic carbocycles. The molecule has 1 unspecified atom stereocenters. The molecule has 0 spiro atoms. The van der Waals surface area contributed by atoms with Crippen molar-refractivity contribution in [2.45, 2.75) is 25.8 Å². The van der Waals surface area contributed by atoms with E-state index in [1.807, 2.05) is 36.4 Å². The van der Waals surface area contributed by atoms with Gasteiger partial charge in [-0.15, -0.1) is 0 Å². The third-order valence-corrected chi connectivity index (χ3v) is 5.31. The number of rotatable bonds is 3. The summed E-state index contributed by atoms with van der Waals surface area (Å²) in [4.78, 5) is 0. The van der Waals surface area contributed by atoms with Gasteiger partial charge < -0.3 is 14.9 Å². The first-order valence-electron chi connectivity index (χ1n) is 9.95. The molecule has 1 aliphatic heterocycles. The Labute approximate surface area is 187 Å². The van der Waals surface area contributed by atoms with E-state index in [0.717, 1.165) is 39.9 Å². The summed E-state index contributed by atoms with van der Waals surface area (Å²) in [7, 11) is 3.31. The fourth-order valence-corrected chi connectivity index (χ4v) is 3.53. The Kier molecular flexibility index (Phi) is 7.91. The molecule has 0 amide bonds. The number of methoxy groups -OCH3 is 2. The van der Waals surface area contributed by atoms with Crippen LogP contribution in [0.5, 0.6) is 11.5 Å². The van der Waals surface area contributed by atoms with E-state index in [0.29, 0.717) is 5.75 Å². The third kappa shape index (κ3) is 5.63. The van der Waals surface area contributed by atoms with Gasteiger partial charge in [-0.1, -0.05) is 64.5 Å². The molecule has 1 N–H and O–H groups in total. The SMILES string of the molecule is C1=CC=CCC=C1.COc1cc2c(cc1OC)C(c1ccc(Br)cc1)=NNC(C)C2. The predicted molar refractivity (Wildman–Crippen MR) is 128 cm³/mol. The molecule has 0 radical (unpaired) electrons. The monoisotopic (exact) mass is 466 g/mol. The number of hydrogen-bond donors (Lipinski definition) is 1. The number of ether oxygens (including phenoxy) is 2. The lowest BCUT2D eigenvalue weighted by Gasteiger charge is -2.15. The molecule has 0 fully saturated rings. The van der Waals surface area contributed by atoms with Crippen LogP contribution in [-0.2, 0) is 6.42 Å². The van der Waals surface area contributed by atoms with Gasteiger partial charge in [-0.2, -0.15) is 5.10 Å². The summed E-state index contributed by atoms with van der Waals surface area (Å²) in [6.45, 7) is 2.12. The molecule has 4 rings (SSSR count). The molecule has 4 nitrogen and oxygen atoms in total. The minimum atomic E-state index is 0.250. The van der Waals surface area contributed by atoms with Gasteiger partial charge in [-0.3, -0.25) is 0 Å². The maximum Gasteiger partial charge on any atom is 0.161 e. The summed E-state index contributed by atoms with van der Waals surface area (Å²) in [5.41, 5.74) is 7.46. The van der Waals surface area contributed by atoms with Gasteiger partial charge in [0, 0.05) is 21.6 Å². The van der Waals surface area contributed by atoms with Gasteiger partial charge in [0.2, 0.25) is 0 Å². The van der Waals surface area contributed by atoms with E-state index in [2.05, 4.69) is 69.8 Å². The third-order valence-electron chi connectivity index (χ3n) is 4.78. The number of hydrogen-bond acceptors (Lipinski definition) is 4. The Bertz CT molecular complexity index is 961. The summed E-state index contributed by atoms with van der Waals surface area (Å²) in [5.74, 6) is 1.46. The lowest BCUT2D eigenvalue weighted by atomic mass is 9.94. The molecule has 0 aromatic heterocycles. The van der Waals surface area contributed by atoms with E-state index in [-0.39, 0.29) is 6.04 Å². The second-order valence-corrected chi connectivity index (χ2v) is 7.96. The number of allylic oxidation sites excluding steroid dienone is 6. The number of fused-ring (bicyclic) bond motifs is 1. The quantitative estimate of drug-likeness (QED) is 0.620. The van der Waals surface area contributed by atoms with Crippen molar-refractivity contribution < 1.29 is 9.47 Å². The fourth-order valence-electron chi connectivity index (χ4n) is 3.27. The first-order valence-corrected chi connectivity index (χ1v) is 10.7. The fraction of sp³-hybridized carbons (Fsp3) is 0.240. The van der Waals surface area contributed by atoms with Crippen LogP contribution in [0.3, 0.4) is 0 Å². The van der Waals surface area contributed by atoms with Crippen molar-refractivity contribution in [3.8, 4) is 11.5 Å². The van der Waals surface area contributed by atoms with E-state index >= 15 is 0 Å². The van der Waals surface area contributed by atoms with Crippen molar-refractivity contribution in [3.05, 3.63) is 94.0 Å². The number of nitrogens with one attached hydrogen (secondary N) is 1. The highest BCUT2D eigenvalue weighted by Crippen LogP contribution is 2.33. The lowest BCUT2D eigenvalue weighted by Crippen LogP contribution is -2.21. The van der Waals surface area contributed by atoms with Crippen LogP contribution < -0.4 is 14.9 Å². The summed E-state index contributed by atoms with van der Waals surface area (Å²) in [5, 5.41) is 4.63. The average Bonchev–Trinajstić information content (AvgIpc) is 3.15. The Morgan fingerprint density at radius 3 is 2.20 bits per heavy atom. The summed E-state index contributed by atoms with van der Waals surface area (Å²) < 4.78 is 12.0. The second-order valence-electron chi connectivity index (χ2n) is 7.04. The number of halogens is 1. The highest BCUT2D eigenvalue weighted by molar-refractivity contribution is 9.10. The van der Waals surface area contributed by atoms with Crippen LogP contribution in [0.4, 0.5) is 0 Å². The molecule has 1 heterocycles. The zero-order valence-corrected chi connectivity index (χ0v) is 19.1. The van der Waals surface area contributed by atoms with Crippen LogP contribution in [0.15, 0.2) is 82.4 Å². The molecule has 156 valence electrons. The smallest absolute Gasteiger partial charge is 0.161 e. The molecular weight excluding hydrogens is 440 g/mol. The Morgan fingerprint density at radius 1 is 0.933 bits per heavy atom. The van der Waals surface area contributed by atoms with Crippen LogP contribution >= 0.6 is 15.9 Å². The Balaban J connectivity index is 0.000000310. The maximum absolute atomic E-state index is 5.47. The maximum atomic E-state index is 5.47. The van der Waals surface area contributed by atoms with E-state index < -0.39 is 0 Å². The Hall–Kier alpha value is -2.79. The van der Waals surface area contributed by atoms with Crippen molar-refractivity contribution in [2.24, 2.45) is 5.10 Å². The van der Waals surface area contributed by atoms with Gasteiger partial charge in [0.25, 0.3) is 0 Å². The summed E-state index contributed by atoms with van der Waals surface area (Å²) >= 11 is 3.48. The topological polar surface area (TPSA) is 42.9 Å². The molecule has 0 saturated heterocycles. The molecule has 2 aliphatic rings. The van der Waals surface area contributed by atoms with Crippen molar-refractivity contribution >= 4 is 21.6 Å². The van der Waals surface area contributed by atoms with E-state index in [1.54, 1.807) is 14.2 Å². The second kappa shape index (κ2) is 10.8. The van der Waals surface area contributed by atoms with Gasteiger partial charge in [0.05, 0.1) is 19.9 Å². The van der Waals surface area contributed by atoms with Crippen LogP contribution in [0.25, 0.3) is 0 Å². The van der Waals surface area contributed by atoms with E-state index in [9.17, 15) is 0 Å². The van der Waals surface area contributed by atoms with Gasteiger partial charge >= 0.3 is 0 Å². The first-order chi connectivity index (χ1) is 14.6. The summed E-state index contributed by atoms with van der Waals surface area (Å²) in [6, 6.07) is 12.5. The minimum Gasteiger partial charge on any atom is -0.493 e. The molecule has 0 bridgehead atoms. The summed E-state index contributed by atoms with van der Waals surface area (Å²) in [6.07, 6.45) is 14.4. The number of benzene rings is 2. The van der Waals surface area contributed by atoms with E-state index in [1.165, 1.54) is 5.56 Å². The molecule has 30 heavy (non-hydrogen) atoms. The Morgan fingerprint density at radius 2 is 1.57 bits per heavy atom. The van der Waals surface area contributed by atoms with Crippen LogP contribution in [0, 0.1) is 0 Å². The van der Waals surface area contributed by atoms with Crippen molar-refractivity contribution in [2.75, 3.05) is 14.2 Å². The van der Waals surface area contributed by atoms with E-state index in [4.69, 9.17) is 9.47 Å². The average molecular weight is 467 g/mol. The van der Waals surface area contributed by atoms with Crippen molar-refractivity contribution in [1.29, 1.82) is 0 Å². The lowest BCUT2D eigenvalue weighted by molar-refractivity contribution is 0.354. The zero-order valence-electron chi connectivity index (χ0n) is 17.6. The highest BCUT2D eigenvalue weighted by Gasteiger charge is 2.21.